The van der Waals surface area contributed by atoms with Gasteiger partial charge in [0.25, 0.3) is 0 Å². The number of carbonyl (C=O) groups is 1. The van der Waals surface area contributed by atoms with E-state index < -0.39 is 5.97 Å². The summed E-state index contributed by atoms with van der Waals surface area (Å²) in [4.78, 5) is 11.2. The minimum atomic E-state index is -0.872. The second-order valence-electron chi connectivity index (χ2n) is 6.15. The van der Waals surface area contributed by atoms with Crippen molar-refractivity contribution in [1.29, 1.82) is 0 Å². The maximum absolute atomic E-state index is 11.2. The molecule has 2 unspecified atom stereocenters. The number of rotatable bonds is 3. The van der Waals surface area contributed by atoms with Crippen molar-refractivity contribution in [2.24, 2.45) is 11.3 Å². The van der Waals surface area contributed by atoms with Gasteiger partial charge in [-0.3, -0.25) is 0 Å². The Kier molecular flexibility index (Phi) is 3.33. The molecule has 98 valence electrons. The zero-order valence-electron chi connectivity index (χ0n) is 11.2. The molecule has 1 fully saturated rings. The predicted octanol–water partition coefficient (Wildman–Crippen LogP) is 3.62. The summed E-state index contributed by atoms with van der Waals surface area (Å²) in [5.41, 5.74) is 1.43. The third-order valence-electron chi connectivity index (χ3n) is 3.83. The van der Waals surface area contributed by atoms with Gasteiger partial charge in [-0.2, -0.15) is 0 Å². The highest BCUT2D eigenvalue weighted by atomic mass is 16.4. The number of para-hydroxylation sites is 1. The van der Waals surface area contributed by atoms with Crippen LogP contribution in [0.1, 0.15) is 44.0 Å². The molecular weight excluding hydrogens is 226 g/mol. The van der Waals surface area contributed by atoms with Crippen LogP contribution in [0, 0.1) is 11.3 Å². The smallest absolute Gasteiger partial charge is 0.337 e. The first-order chi connectivity index (χ1) is 8.39. The molecule has 1 aliphatic rings. The van der Waals surface area contributed by atoms with Crippen LogP contribution < -0.4 is 5.32 Å². The predicted molar refractivity (Wildman–Crippen MR) is 73.0 cm³/mol. The molecule has 1 aromatic rings. The average molecular weight is 247 g/mol. The standard InChI is InChI=1S/C15H21NO2/c1-10-8-15(2,3)9-13(10)16-12-7-5-4-6-11(12)14(17)18/h4-7,10,13,16H,8-9H2,1-3H3,(H,17,18). The van der Waals surface area contributed by atoms with E-state index in [0.717, 1.165) is 12.1 Å². The Bertz CT molecular complexity index is 454. The molecule has 0 radical (unpaired) electrons. The topological polar surface area (TPSA) is 49.3 Å². The van der Waals surface area contributed by atoms with E-state index >= 15 is 0 Å². The summed E-state index contributed by atoms with van der Waals surface area (Å²) in [7, 11) is 0. The first-order valence-corrected chi connectivity index (χ1v) is 6.48. The summed E-state index contributed by atoms with van der Waals surface area (Å²) in [6.45, 7) is 6.78. The van der Waals surface area contributed by atoms with Crippen LogP contribution in [0.15, 0.2) is 24.3 Å². The molecule has 3 heteroatoms. The van der Waals surface area contributed by atoms with Gasteiger partial charge in [0.2, 0.25) is 0 Å². The summed E-state index contributed by atoms with van der Waals surface area (Å²) < 4.78 is 0. The number of carboxylic acid groups (broad SMARTS) is 1. The molecule has 0 heterocycles. The number of carboxylic acids is 1. The zero-order valence-corrected chi connectivity index (χ0v) is 11.2. The van der Waals surface area contributed by atoms with Crippen molar-refractivity contribution in [1.82, 2.24) is 0 Å². The normalized spacial score (nSPS) is 25.9. The third kappa shape index (κ3) is 2.66. The van der Waals surface area contributed by atoms with Crippen molar-refractivity contribution >= 4 is 11.7 Å². The van der Waals surface area contributed by atoms with E-state index in [9.17, 15) is 4.79 Å². The van der Waals surface area contributed by atoms with Crippen molar-refractivity contribution < 1.29 is 9.90 Å². The fourth-order valence-corrected chi connectivity index (χ4v) is 3.08. The van der Waals surface area contributed by atoms with Crippen LogP contribution in [0.5, 0.6) is 0 Å². The second-order valence-corrected chi connectivity index (χ2v) is 6.15. The van der Waals surface area contributed by atoms with E-state index in [1.807, 2.05) is 12.1 Å². The van der Waals surface area contributed by atoms with Crippen LogP contribution in [0.3, 0.4) is 0 Å². The van der Waals surface area contributed by atoms with Crippen molar-refractivity contribution in [2.75, 3.05) is 5.32 Å². The summed E-state index contributed by atoms with van der Waals surface area (Å²) in [6.07, 6.45) is 2.27. The quantitative estimate of drug-likeness (QED) is 0.857. The Hall–Kier alpha value is -1.51. The van der Waals surface area contributed by atoms with Crippen molar-refractivity contribution in [2.45, 2.75) is 39.7 Å². The molecule has 0 spiro atoms. The highest BCUT2D eigenvalue weighted by Crippen LogP contribution is 2.42. The first-order valence-electron chi connectivity index (χ1n) is 6.48. The zero-order chi connectivity index (χ0) is 13.3. The van der Waals surface area contributed by atoms with Crippen LogP contribution in [-0.2, 0) is 0 Å². The second kappa shape index (κ2) is 4.63. The average Bonchev–Trinajstić information content (AvgIpc) is 2.52. The van der Waals surface area contributed by atoms with Crippen LogP contribution >= 0.6 is 0 Å². The lowest BCUT2D eigenvalue weighted by Gasteiger charge is -2.20. The Labute approximate surface area is 108 Å². The first kappa shape index (κ1) is 12.9. The van der Waals surface area contributed by atoms with Crippen LogP contribution in [0.4, 0.5) is 5.69 Å². The highest BCUT2D eigenvalue weighted by molar-refractivity contribution is 5.94. The van der Waals surface area contributed by atoms with Gasteiger partial charge < -0.3 is 10.4 Å². The largest absolute Gasteiger partial charge is 0.478 e. The van der Waals surface area contributed by atoms with Crippen LogP contribution in [-0.4, -0.2) is 17.1 Å². The molecular formula is C15H21NO2. The molecule has 2 N–H and O–H groups in total. The minimum Gasteiger partial charge on any atom is -0.478 e. The molecule has 0 aliphatic heterocycles. The van der Waals surface area contributed by atoms with Crippen molar-refractivity contribution in [3.8, 4) is 0 Å². The summed E-state index contributed by atoms with van der Waals surface area (Å²) in [6, 6.07) is 7.49. The van der Waals surface area contributed by atoms with Crippen LogP contribution in [0.25, 0.3) is 0 Å². The molecule has 1 saturated carbocycles. The Balaban J connectivity index is 2.18. The molecule has 3 nitrogen and oxygen atoms in total. The maximum atomic E-state index is 11.2. The number of aromatic carboxylic acids is 1. The summed E-state index contributed by atoms with van der Waals surface area (Å²) in [5, 5.41) is 12.6. The van der Waals surface area contributed by atoms with E-state index in [-0.39, 0.29) is 0 Å². The van der Waals surface area contributed by atoms with Crippen LogP contribution in [0.2, 0.25) is 0 Å². The SMILES string of the molecule is CC1CC(C)(C)CC1Nc1ccccc1C(=O)O. The van der Waals surface area contributed by atoms with Gasteiger partial charge in [0.15, 0.2) is 0 Å². The summed E-state index contributed by atoms with van der Waals surface area (Å²) in [5.74, 6) is -0.301. The molecule has 1 aliphatic carbocycles. The van der Waals surface area contributed by atoms with E-state index in [1.165, 1.54) is 6.42 Å². The Morgan fingerprint density at radius 2 is 2.00 bits per heavy atom. The van der Waals surface area contributed by atoms with E-state index in [2.05, 4.69) is 26.1 Å². The molecule has 0 aromatic heterocycles. The highest BCUT2D eigenvalue weighted by Gasteiger charge is 2.36. The fourth-order valence-electron chi connectivity index (χ4n) is 3.08. The number of anilines is 1. The lowest BCUT2D eigenvalue weighted by atomic mass is 9.91. The van der Waals surface area contributed by atoms with Crippen molar-refractivity contribution in [3.63, 3.8) is 0 Å². The Morgan fingerprint density at radius 1 is 1.33 bits per heavy atom. The summed E-state index contributed by atoms with van der Waals surface area (Å²) >= 11 is 0. The molecule has 18 heavy (non-hydrogen) atoms. The van der Waals surface area contributed by atoms with Crippen molar-refractivity contribution in [3.05, 3.63) is 29.8 Å². The molecule has 2 rings (SSSR count). The number of hydrogen-bond donors (Lipinski definition) is 2. The van der Waals surface area contributed by atoms with Gasteiger partial charge in [-0.15, -0.1) is 0 Å². The van der Waals surface area contributed by atoms with Gasteiger partial charge in [0.05, 0.1) is 5.56 Å². The molecule has 0 saturated heterocycles. The lowest BCUT2D eigenvalue weighted by molar-refractivity contribution is 0.0698. The van der Waals surface area contributed by atoms with E-state index in [4.69, 9.17) is 5.11 Å². The molecule has 0 amide bonds. The van der Waals surface area contributed by atoms with Gasteiger partial charge in [0.1, 0.15) is 0 Å². The third-order valence-corrected chi connectivity index (χ3v) is 3.83. The molecule has 0 bridgehead atoms. The van der Waals surface area contributed by atoms with Gasteiger partial charge in [-0.05, 0) is 36.3 Å². The maximum Gasteiger partial charge on any atom is 0.337 e. The van der Waals surface area contributed by atoms with Gasteiger partial charge in [0, 0.05) is 11.7 Å². The van der Waals surface area contributed by atoms with Gasteiger partial charge in [-0.25, -0.2) is 4.79 Å². The molecule has 1 aromatic carbocycles. The van der Waals surface area contributed by atoms with E-state index in [1.54, 1.807) is 12.1 Å². The Morgan fingerprint density at radius 3 is 2.56 bits per heavy atom. The fraction of sp³-hybridized carbons (Fsp3) is 0.533. The monoisotopic (exact) mass is 247 g/mol. The van der Waals surface area contributed by atoms with Gasteiger partial charge in [-0.1, -0.05) is 32.9 Å². The lowest BCUT2D eigenvalue weighted by Crippen LogP contribution is -2.23. The number of benzene rings is 1. The number of nitrogens with one attached hydrogen (secondary N) is 1. The van der Waals surface area contributed by atoms with Gasteiger partial charge >= 0.3 is 5.97 Å². The van der Waals surface area contributed by atoms with E-state index in [0.29, 0.717) is 22.9 Å². The minimum absolute atomic E-state index is 0.343. The molecule has 2 atom stereocenters. The number of hydrogen-bond acceptors (Lipinski definition) is 2.